The van der Waals surface area contributed by atoms with E-state index in [1.165, 1.54) is 0 Å². The first-order valence-electron chi connectivity index (χ1n) is 7.21. The summed E-state index contributed by atoms with van der Waals surface area (Å²) in [6.07, 6.45) is 3.91. The number of aliphatic hydroxyl groups is 2. The van der Waals surface area contributed by atoms with Crippen LogP contribution in [0.1, 0.15) is 56.3 Å². The van der Waals surface area contributed by atoms with Gasteiger partial charge in [0.1, 0.15) is 11.9 Å². The van der Waals surface area contributed by atoms with Gasteiger partial charge < -0.3 is 14.9 Å². The molecule has 0 amide bonds. The molecule has 1 saturated carbocycles. The molecule has 3 atom stereocenters. The van der Waals surface area contributed by atoms with E-state index in [9.17, 15) is 10.2 Å². The van der Waals surface area contributed by atoms with Crippen molar-refractivity contribution in [2.45, 2.75) is 64.3 Å². The van der Waals surface area contributed by atoms with E-state index in [2.05, 4.69) is 0 Å². The van der Waals surface area contributed by atoms with Crippen molar-refractivity contribution in [3.8, 4) is 5.75 Å². The highest BCUT2D eigenvalue weighted by atomic mass is 16.5. The predicted octanol–water partition coefficient (Wildman–Crippen LogP) is 3.12. The Labute approximate surface area is 115 Å². The molecule has 106 valence electrons. The molecule has 1 fully saturated rings. The molecule has 2 rings (SSSR count). The number of rotatable bonds is 3. The van der Waals surface area contributed by atoms with Gasteiger partial charge in [-0.2, -0.15) is 0 Å². The standard InChI is InChI=1S/C16H24O3/c1-11-8-9-15(13(10-11)12(2)17)19-16-7-5-3-4-6-14(16)18/h8-10,12,14,16-18H,3-7H2,1-2H3. The summed E-state index contributed by atoms with van der Waals surface area (Å²) in [7, 11) is 0. The molecule has 0 spiro atoms. The number of aryl methyl sites for hydroxylation is 1. The number of hydrogen-bond donors (Lipinski definition) is 2. The van der Waals surface area contributed by atoms with E-state index in [1.54, 1.807) is 6.92 Å². The summed E-state index contributed by atoms with van der Waals surface area (Å²) in [4.78, 5) is 0. The SMILES string of the molecule is Cc1ccc(OC2CCCCCC2O)c(C(C)O)c1. The highest BCUT2D eigenvalue weighted by molar-refractivity contribution is 5.38. The lowest BCUT2D eigenvalue weighted by Gasteiger charge is -2.24. The van der Waals surface area contributed by atoms with Crippen LogP contribution >= 0.6 is 0 Å². The molecule has 1 aromatic carbocycles. The molecule has 0 aliphatic heterocycles. The van der Waals surface area contributed by atoms with Crippen LogP contribution in [0.25, 0.3) is 0 Å². The summed E-state index contributed by atoms with van der Waals surface area (Å²) in [6, 6.07) is 5.82. The minimum atomic E-state index is -0.558. The summed E-state index contributed by atoms with van der Waals surface area (Å²) < 4.78 is 5.98. The molecule has 0 aromatic heterocycles. The Hall–Kier alpha value is -1.06. The number of benzene rings is 1. The fourth-order valence-corrected chi connectivity index (χ4v) is 2.66. The van der Waals surface area contributed by atoms with Crippen LogP contribution in [0.3, 0.4) is 0 Å². The van der Waals surface area contributed by atoms with E-state index in [0.717, 1.165) is 43.2 Å². The van der Waals surface area contributed by atoms with Crippen molar-refractivity contribution in [3.63, 3.8) is 0 Å². The van der Waals surface area contributed by atoms with Crippen molar-refractivity contribution in [2.24, 2.45) is 0 Å². The van der Waals surface area contributed by atoms with Crippen molar-refractivity contribution in [3.05, 3.63) is 29.3 Å². The van der Waals surface area contributed by atoms with Crippen LogP contribution in [0, 0.1) is 6.92 Å². The molecule has 3 unspecified atom stereocenters. The molecule has 1 aromatic rings. The maximum Gasteiger partial charge on any atom is 0.125 e. The average molecular weight is 264 g/mol. The summed E-state index contributed by atoms with van der Waals surface area (Å²) in [5, 5.41) is 19.9. The van der Waals surface area contributed by atoms with Crippen molar-refractivity contribution < 1.29 is 14.9 Å². The minimum absolute atomic E-state index is 0.150. The van der Waals surface area contributed by atoms with Gasteiger partial charge in [0.15, 0.2) is 0 Å². The minimum Gasteiger partial charge on any atom is -0.487 e. The summed E-state index contributed by atoms with van der Waals surface area (Å²) >= 11 is 0. The highest BCUT2D eigenvalue weighted by Crippen LogP contribution is 2.30. The fraction of sp³-hybridized carbons (Fsp3) is 0.625. The van der Waals surface area contributed by atoms with Gasteiger partial charge in [-0.3, -0.25) is 0 Å². The van der Waals surface area contributed by atoms with Crippen molar-refractivity contribution in [1.82, 2.24) is 0 Å². The lowest BCUT2D eigenvalue weighted by Crippen LogP contribution is -2.30. The van der Waals surface area contributed by atoms with Crippen LogP contribution in [0.5, 0.6) is 5.75 Å². The zero-order valence-electron chi connectivity index (χ0n) is 11.8. The third-order valence-electron chi connectivity index (χ3n) is 3.81. The molecule has 3 nitrogen and oxygen atoms in total. The van der Waals surface area contributed by atoms with E-state index in [-0.39, 0.29) is 6.10 Å². The Balaban J connectivity index is 2.17. The Kier molecular flexibility index (Phi) is 4.83. The lowest BCUT2D eigenvalue weighted by molar-refractivity contribution is 0.0299. The Morgan fingerprint density at radius 2 is 1.95 bits per heavy atom. The molecular formula is C16H24O3. The van der Waals surface area contributed by atoms with Crippen LogP contribution in [0.2, 0.25) is 0 Å². The van der Waals surface area contributed by atoms with Crippen molar-refractivity contribution in [2.75, 3.05) is 0 Å². The molecule has 1 aliphatic carbocycles. The quantitative estimate of drug-likeness (QED) is 0.825. The Morgan fingerprint density at radius 3 is 2.68 bits per heavy atom. The normalized spacial score (nSPS) is 25.7. The van der Waals surface area contributed by atoms with E-state index in [4.69, 9.17) is 4.74 Å². The number of ether oxygens (including phenoxy) is 1. The average Bonchev–Trinajstić information content (AvgIpc) is 2.57. The molecule has 0 heterocycles. The molecule has 1 aliphatic rings. The summed E-state index contributed by atoms with van der Waals surface area (Å²) in [5.74, 6) is 0.701. The van der Waals surface area contributed by atoms with Crippen LogP contribution in [0.4, 0.5) is 0 Å². The van der Waals surface area contributed by atoms with Gasteiger partial charge in [-0.25, -0.2) is 0 Å². The third-order valence-corrected chi connectivity index (χ3v) is 3.81. The van der Waals surface area contributed by atoms with Crippen molar-refractivity contribution in [1.29, 1.82) is 0 Å². The lowest BCUT2D eigenvalue weighted by atomic mass is 10.1. The van der Waals surface area contributed by atoms with Crippen LogP contribution in [-0.2, 0) is 0 Å². The van der Waals surface area contributed by atoms with Gasteiger partial charge in [0.05, 0.1) is 12.2 Å². The van der Waals surface area contributed by atoms with Crippen LogP contribution < -0.4 is 4.74 Å². The number of aliphatic hydroxyl groups excluding tert-OH is 2. The Bertz CT molecular complexity index is 414. The summed E-state index contributed by atoms with van der Waals surface area (Å²) in [5.41, 5.74) is 1.90. The topological polar surface area (TPSA) is 49.7 Å². The summed E-state index contributed by atoms with van der Waals surface area (Å²) in [6.45, 7) is 3.74. The van der Waals surface area contributed by atoms with Crippen LogP contribution in [0.15, 0.2) is 18.2 Å². The van der Waals surface area contributed by atoms with Gasteiger partial charge >= 0.3 is 0 Å². The second-order valence-corrected chi connectivity index (χ2v) is 5.58. The van der Waals surface area contributed by atoms with E-state index < -0.39 is 12.2 Å². The van der Waals surface area contributed by atoms with Crippen LogP contribution in [-0.4, -0.2) is 22.4 Å². The zero-order chi connectivity index (χ0) is 13.8. The second-order valence-electron chi connectivity index (χ2n) is 5.58. The molecular weight excluding hydrogens is 240 g/mol. The number of hydrogen-bond acceptors (Lipinski definition) is 3. The van der Waals surface area contributed by atoms with Gasteiger partial charge in [0, 0.05) is 5.56 Å². The van der Waals surface area contributed by atoms with Gasteiger partial charge in [-0.1, -0.05) is 24.5 Å². The van der Waals surface area contributed by atoms with Crippen molar-refractivity contribution >= 4 is 0 Å². The first kappa shape index (κ1) is 14.4. The zero-order valence-corrected chi connectivity index (χ0v) is 11.8. The smallest absolute Gasteiger partial charge is 0.125 e. The monoisotopic (exact) mass is 264 g/mol. The van der Waals surface area contributed by atoms with E-state index >= 15 is 0 Å². The second kappa shape index (κ2) is 6.40. The van der Waals surface area contributed by atoms with Gasteiger partial charge in [-0.15, -0.1) is 0 Å². The van der Waals surface area contributed by atoms with Gasteiger partial charge in [-0.05, 0) is 45.2 Å². The molecule has 2 N–H and O–H groups in total. The van der Waals surface area contributed by atoms with Gasteiger partial charge in [0.2, 0.25) is 0 Å². The molecule has 3 heteroatoms. The van der Waals surface area contributed by atoms with E-state index in [1.807, 2.05) is 25.1 Å². The highest BCUT2D eigenvalue weighted by Gasteiger charge is 2.24. The molecule has 0 radical (unpaired) electrons. The fourth-order valence-electron chi connectivity index (χ4n) is 2.66. The first-order valence-corrected chi connectivity index (χ1v) is 7.21. The molecule has 0 bridgehead atoms. The molecule has 0 saturated heterocycles. The predicted molar refractivity (Wildman–Crippen MR) is 75.3 cm³/mol. The largest absolute Gasteiger partial charge is 0.487 e. The maximum atomic E-state index is 10.1. The molecule has 19 heavy (non-hydrogen) atoms. The first-order chi connectivity index (χ1) is 9.08. The Morgan fingerprint density at radius 1 is 1.21 bits per heavy atom. The van der Waals surface area contributed by atoms with Gasteiger partial charge in [0.25, 0.3) is 0 Å². The van der Waals surface area contributed by atoms with E-state index in [0.29, 0.717) is 5.75 Å². The third kappa shape index (κ3) is 3.71. The maximum absolute atomic E-state index is 10.1.